The van der Waals surface area contributed by atoms with Gasteiger partial charge in [0.1, 0.15) is 63.4 Å². The first-order valence-corrected chi connectivity index (χ1v) is 32.8. The van der Waals surface area contributed by atoms with Crippen molar-refractivity contribution in [3.8, 4) is 70.7 Å². The number of rotatable bonds is 8. The van der Waals surface area contributed by atoms with Gasteiger partial charge >= 0.3 is 18.2 Å². The van der Waals surface area contributed by atoms with Crippen molar-refractivity contribution < 1.29 is 64.7 Å². The average Bonchev–Trinajstić information content (AvgIpc) is 0.780. The van der Waals surface area contributed by atoms with Gasteiger partial charge in [-0.1, -0.05) is 58.1 Å². The Labute approximate surface area is 553 Å². The summed E-state index contributed by atoms with van der Waals surface area (Å²) in [5.41, 5.74) is -3.96. The van der Waals surface area contributed by atoms with Gasteiger partial charge in [0.25, 0.3) is 0 Å². The van der Waals surface area contributed by atoms with Crippen LogP contribution in [0.15, 0.2) is 60.9 Å². The van der Waals surface area contributed by atoms with Crippen LogP contribution in [0.3, 0.4) is 0 Å². The molecule has 3 N–H and O–H groups in total. The van der Waals surface area contributed by atoms with Gasteiger partial charge in [-0.2, -0.15) is 33.1 Å². The van der Waals surface area contributed by atoms with Gasteiger partial charge in [-0.05, 0) is 138 Å². The lowest BCUT2D eigenvalue weighted by Crippen LogP contribution is -2.57. The normalized spacial score (nSPS) is 22.6. The molecule has 6 aliphatic rings. The van der Waals surface area contributed by atoms with E-state index in [4.69, 9.17) is 27.1 Å². The number of aliphatic hydroxyl groups is 1. The molecule has 510 valence electrons. The number of terminal acetylenes is 2. The molecule has 1 aliphatic carbocycles. The van der Waals surface area contributed by atoms with E-state index in [1.165, 1.54) is 79.7 Å². The molecule has 6 fully saturated rings. The highest BCUT2D eigenvalue weighted by Gasteiger charge is 2.56. The number of phenolic OH excluding ortho intramolecular Hbond substituents is 2. The Morgan fingerprint density at radius 1 is 0.688 bits per heavy atom. The summed E-state index contributed by atoms with van der Waals surface area (Å²) in [5.74, 6) is 1.57. The van der Waals surface area contributed by atoms with E-state index < -0.39 is 54.2 Å². The third-order valence-electron chi connectivity index (χ3n) is 18.9. The number of β-amino-alcohol motifs (C(OH)–C–C–N with tert-alkyl or cyclic N) is 1. The second-order valence-electron chi connectivity index (χ2n) is 24.8. The van der Waals surface area contributed by atoms with E-state index >= 15 is 8.78 Å². The highest BCUT2D eigenvalue weighted by Crippen LogP contribution is 2.49. The molecule has 9 heterocycles. The maximum atomic E-state index is 16.8. The summed E-state index contributed by atoms with van der Waals surface area (Å²) in [6.07, 6.45) is 16.9. The Kier molecular flexibility index (Phi) is 21.6. The zero-order valence-corrected chi connectivity index (χ0v) is 54.9. The van der Waals surface area contributed by atoms with Gasteiger partial charge in [-0.25, -0.2) is 22.0 Å². The number of benzene rings is 4. The molecule has 6 atom stereocenters. The second kappa shape index (κ2) is 29.5. The number of anilines is 2. The number of pyridine rings is 2. The summed E-state index contributed by atoms with van der Waals surface area (Å²) in [5, 5.41) is 33.0. The molecule has 96 heavy (non-hydrogen) atoms. The standard InChI is InChI=1S/C35H34F5N5O3.C26H22F2N4O3.C7H12FN.2C2H6/c1-3-22-25(36)9-8-20-15-21(46)16-23(27(20)22)29-28(37)30-24(17-41-29)31(45-14-6-12-34(47,18-45)35(38,39)40)43-32(42-30)48-19-33-10-4-7-26(33)44(2)13-5-11-33;1-4-17-20(27)7-6-15-10-16(33)11-18(21(15)17)23-22(28)24-19(12-29-23)25(31-26(30-24)34-3)32-8-5-9-35-14(2)13-32;8-6-4-7-2-1-3-9(7)5-6;2*1-2/h1,8-9,15-17,26,46-47H,4-7,10-14,18-19H2,2H3;1,6-7,10-12,14,33H,5,8-9,13H2,2-3H3;6-7H,1-5H2;2*1-2H3. The van der Waals surface area contributed by atoms with E-state index in [2.05, 4.69) is 58.6 Å². The number of likely N-dealkylation sites (tertiary alicyclic amines) is 1. The zero-order chi connectivity index (χ0) is 69.0. The van der Waals surface area contributed by atoms with Gasteiger partial charge < -0.3 is 44.2 Å². The van der Waals surface area contributed by atoms with Crippen molar-refractivity contribution >= 4 is 55.0 Å². The Hall–Kier alpha value is -8.42. The Morgan fingerprint density at radius 2 is 1.24 bits per heavy atom. The number of methoxy groups -OCH3 is 1. The van der Waals surface area contributed by atoms with Crippen LogP contribution in [-0.4, -0.2) is 164 Å². The van der Waals surface area contributed by atoms with Crippen LogP contribution in [0.25, 0.3) is 65.9 Å². The van der Waals surface area contributed by atoms with Gasteiger partial charge in [0.05, 0.1) is 48.3 Å². The van der Waals surface area contributed by atoms with Gasteiger partial charge in [0, 0.05) is 84.6 Å². The summed E-state index contributed by atoms with van der Waals surface area (Å²) in [4.78, 5) is 34.2. The van der Waals surface area contributed by atoms with Crippen molar-refractivity contribution in [2.45, 2.75) is 141 Å². The second-order valence-corrected chi connectivity index (χ2v) is 24.8. The van der Waals surface area contributed by atoms with Crippen LogP contribution < -0.4 is 19.3 Å². The van der Waals surface area contributed by atoms with E-state index in [1.807, 2.05) is 39.5 Å². The molecule has 0 amide bonds. The van der Waals surface area contributed by atoms with Crippen LogP contribution in [0, 0.1) is 53.4 Å². The van der Waals surface area contributed by atoms with Crippen molar-refractivity contribution in [3.63, 3.8) is 0 Å². The molecule has 5 aliphatic heterocycles. The topological polar surface area (TPSA) is 179 Å². The Bertz CT molecular complexity index is 4240. The molecule has 24 heteroatoms. The Morgan fingerprint density at radius 3 is 1.81 bits per heavy atom. The maximum absolute atomic E-state index is 16.8. The quantitative estimate of drug-likeness (QED) is 0.0965. The van der Waals surface area contributed by atoms with Gasteiger partial charge in [-0.15, -0.1) is 12.8 Å². The smallest absolute Gasteiger partial charge is 0.418 e. The predicted molar refractivity (Wildman–Crippen MR) is 355 cm³/mol. The van der Waals surface area contributed by atoms with E-state index in [-0.39, 0.29) is 127 Å². The molecule has 0 bridgehead atoms. The predicted octanol–water partition coefficient (Wildman–Crippen LogP) is 14.0. The van der Waals surface area contributed by atoms with Crippen LogP contribution >= 0.6 is 0 Å². The largest absolute Gasteiger partial charge is 0.508 e. The van der Waals surface area contributed by atoms with Crippen LogP contribution in [-0.2, 0) is 4.74 Å². The molecule has 14 rings (SSSR count). The third kappa shape index (κ3) is 13.9. The summed E-state index contributed by atoms with van der Waals surface area (Å²) in [6.45, 7) is 14.1. The SMILES string of the molecule is C#Cc1c(F)ccc2cc(O)cc(-c3ncc4c(N5CCCC(O)(C(F)(F)F)C5)nc(OCC56CCCC5N(C)CCC6)nc4c3F)c12.C#Cc1c(F)ccc2cc(O)cc(-c3ncc4c(N5CCCOC(C)C5)nc(OC)nc4c3F)c12.CC.CC.FC1CC2CCCN2C1. The lowest BCUT2D eigenvalue weighted by molar-refractivity contribution is -0.261. The zero-order valence-electron chi connectivity index (χ0n) is 54.9. The molecule has 0 radical (unpaired) electrons. The molecule has 6 unspecified atom stereocenters. The number of hydrogen-bond acceptors (Lipinski definition) is 16. The number of halogens is 8. The monoisotopic (exact) mass is 1330 g/mol. The number of piperidine rings is 2. The highest BCUT2D eigenvalue weighted by molar-refractivity contribution is 6.04. The van der Waals surface area contributed by atoms with Gasteiger partial charge in [0.15, 0.2) is 17.2 Å². The minimum absolute atomic E-state index is 0.00146. The van der Waals surface area contributed by atoms with E-state index in [0.717, 1.165) is 64.1 Å². The molecular formula is C72H80F8N10O6. The number of alkyl halides is 4. The summed E-state index contributed by atoms with van der Waals surface area (Å²) in [6, 6.07) is 11.2. The molecule has 4 aromatic heterocycles. The van der Waals surface area contributed by atoms with E-state index in [1.54, 1.807) is 0 Å². The molecule has 0 spiro atoms. The van der Waals surface area contributed by atoms with Crippen LogP contribution in [0.2, 0.25) is 0 Å². The first-order valence-electron chi connectivity index (χ1n) is 32.8. The van der Waals surface area contributed by atoms with Crippen LogP contribution in [0.1, 0.15) is 116 Å². The first kappa shape index (κ1) is 70.4. The summed E-state index contributed by atoms with van der Waals surface area (Å²) in [7, 11) is 3.49. The van der Waals surface area contributed by atoms with Crippen molar-refractivity contribution in [1.29, 1.82) is 0 Å². The van der Waals surface area contributed by atoms with Crippen LogP contribution in [0.4, 0.5) is 46.8 Å². The minimum Gasteiger partial charge on any atom is -0.508 e. The molecular weight excluding hydrogens is 1250 g/mol. The highest BCUT2D eigenvalue weighted by atomic mass is 19.4. The first-order chi connectivity index (χ1) is 46.1. The average molecular weight is 1330 g/mol. The fourth-order valence-electron chi connectivity index (χ4n) is 14.6. The Balaban J connectivity index is 0.000000181. The maximum Gasteiger partial charge on any atom is 0.418 e. The van der Waals surface area contributed by atoms with Gasteiger partial charge in [0.2, 0.25) is 0 Å². The summed E-state index contributed by atoms with van der Waals surface area (Å²) < 4.78 is 134. The third-order valence-corrected chi connectivity index (χ3v) is 18.9. The lowest BCUT2D eigenvalue weighted by atomic mass is 9.76. The fourth-order valence-corrected chi connectivity index (χ4v) is 14.6. The number of aromatic hydroxyl groups is 2. The number of aromatic nitrogens is 6. The van der Waals surface area contributed by atoms with Crippen molar-refractivity contribution in [1.82, 2.24) is 39.7 Å². The number of nitrogens with zero attached hydrogens (tertiary/aromatic N) is 10. The van der Waals surface area contributed by atoms with Crippen molar-refractivity contribution in [2.24, 2.45) is 5.41 Å². The minimum atomic E-state index is -4.91. The van der Waals surface area contributed by atoms with Crippen molar-refractivity contribution in [2.75, 3.05) is 83.0 Å². The van der Waals surface area contributed by atoms with E-state index in [9.17, 15) is 41.7 Å². The number of fused-ring (bicyclic) bond motifs is 6. The molecule has 8 aromatic rings. The number of ether oxygens (including phenoxy) is 3. The van der Waals surface area contributed by atoms with Gasteiger partial charge in [-0.3, -0.25) is 14.9 Å². The fraction of sp³-hybridized carbons (Fsp3) is 0.472. The van der Waals surface area contributed by atoms with Crippen LogP contribution in [0.5, 0.6) is 23.5 Å². The number of phenols is 2. The lowest BCUT2D eigenvalue weighted by Gasteiger charge is -2.44. The molecule has 5 saturated heterocycles. The summed E-state index contributed by atoms with van der Waals surface area (Å²) >= 11 is 0. The number of hydrogen-bond donors (Lipinski definition) is 3. The van der Waals surface area contributed by atoms with E-state index in [0.29, 0.717) is 54.3 Å². The molecule has 4 aromatic carbocycles. The van der Waals surface area contributed by atoms with Crippen molar-refractivity contribution in [3.05, 3.63) is 95.3 Å². The molecule has 16 nitrogen and oxygen atoms in total. The molecule has 1 saturated carbocycles.